The Kier molecular flexibility index (Phi) is 4.37. The van der Waals surface area contributed by atoms with Crippen molar-refractivity contribution in [3.63, 3.8) is 0 Å². The van der Waals surface area contributed by atoms with Gasteiger partial charge in [-0.25, -0.2) is 9.97 Å². The highest BCUT2D eigenvalue weighted by atomic mass is 16.5. The fourth-order valence-electron chi connectivity index (χ4n) is 1.81. The van der Waals surface area contributed by atoms with Gasteiger partial charge in [0.25, 0.3) is 5.91 Å². The molecule has 0 aliphatic rings. The molecule has 0 saturated heterocycles. The van der Waals surface area contributed by atoms with Crippen molar-refractivity contribution in [3.05, 3.63) is 36.0 Å². The Bertz CT molecular complexity index is 656. The van der Waals surface area contributed by atoms with Gasteiger partial charge in [-0.05, 0) is 26.0 Å². The van der Waals surface area contributed by atoms with E-state index in [1.807, 2.05) is 38.1 Å². The van der Waals surface area contributed by atoms with Crippen molar-refractivity contribution in [1.82, 2.24) is 15.3 Å². The van der Waals surface area contributed by atoms with Crippen molar-refractivity contribution >= 4 is 11.7 Å². The monoisotopic (exact) mass is 286 g/mol. The number of aromatic nitrogens is 2. The predicted octanol–water partition coefficient (Wildman–Crippen LogP) is 1.87. The Hall–Kier alpha value is -2.63. The van der Waals surface area contributed by atoms with Gasteiger partial charge in [0.05, 0.1) is 12.7 Å². The van der Waals surface area contributed by atoms with Gasteiger partial charge in [-0.2, -0.15) is 0 Å². The van der Waals surface area contributed by atoms with E-state index in [2.05, 4.69) is 15.3 Å². The van der Waals surface area contributed by atoms with E-state index in [1.165, 1.54) is 6.20 Å². The van der Waals surface area contributed by atoms with Crippen LogP contribution >= 0.6 is 0 Å². The van der Waals surface area contributed by atoms with Gasteiger partial charge in [-0.15, -0.1) is 0 Å². The Morgan fingerprint density at radius 2 is 2.14 bits per heavy atom. The maximum absolute atomic E-state index is 11.9. The summed E-state index contributed by atoms with van der Waals surface area (Å²) in [4.78, 5) is 20.3. The number of carbonyl (C=O) groups is 1. The standard InChI is InChI=1S/C15H18N4O2/c1-9(2)18-15(20)12-8-17-14(19-13(12)16)10-5-4-6-11(7-10)21-3/h4-9H,1-3H3,(H,18,20)(H2,16,17,19). The van der Waals surface area contributed by atoms with Gasteiger partial charge >= 0.3 is 0 Å². The third-order valence-corrected chi connectivity index (χ3v) is 2.81. The second kappa shape index (κ2) is 6.21. The maximum Gasteiger partial charge on any atom is 0.256 e. The Morgan fingerprint density at radius 1 is 1.38 bits per heavy atom. The molecule has 1 aromatic carbocycles. The lowest BCUT2D eigenvalue weighted by Gasteiger charge is -2.10. The number of benzene rings is 1. The summed E-state index contributed by atoms with van der Waals surface area (Å²) in [6.07, 6.45) is 1.44. The minimum Gasteiger partial charge on any atom is -0.497 e. The fourth-order valence-corrected chi connectivity index (χ4v) is 1.81. The number of hydrogen-bond acceptors (Lipinski definition) is 5. The molecule has 2 aromatic rings. The lowest BCUT2D eigenvalue weighted by Crippen LogP contribution is -2.31. The van der Waals surface area contributed by atoms with E-state index in [4.69, 9.17) is 10.5 Å². The van der Waals surface area contributed by atoms with Crippen LogP contribution in [-0.2, 0) is 0 Å². The molecule has 3 N–H and O–H groups in total. The lowest BCUT2D eigenvalue weighted by atomic mass is 10.2. The highest BCUT2D eigenvalue weighted by molar-refractivity contribution is 5.98. The van der Waals surface area contributed by atoms with Gasteiger partial charge in [-0.1, -0.05) is 12.1 Å². The molecule has 0 aliphatic heterocycles. The van der Waals surface area contributed by atoms with Gasteiger partial charge in [0, 0.05) is 17.8 Å². The second-order valence-electron chi connectivity index (χ2n) is 4.85. The molecular formula is C15H18N4O2. The number of nitrogens with two attached hydrogens (primary N) is 1. The molecule has 1 aromatic heterocycles. The predicted molar refractivity (Wildman–Crippen MR) is 81.0 cm³/mol. The third kappa shape index (κ3) is 3.47. The van der Waals surface area contributed by atoms with Crippen molar-refractivity contribution in [2.45, 2.75) is 19.9 Å². The topological polar surface area (TPSA) is 90.1 Å². The average molecular weight is 286 g/mol. The Balaban J connectivity index is 2.32. The minimum absolute atomic E-state index is 0.0231. The fraction of sp³-hybridized carbons (Fsp3) is 0.267. The number of nitrogens with one attached hydrogen (secondary N) is 1. The molecule has 21 heavy (non-hydrogen) atoms. The number of rotatable bonds is 4. The zero-order chi connectivity index (χ0) is 15.4. The normalized spacial score (nSPS) is 10.5. The number of amides is 1. The SMILES string of the molecule is COc1cccc(-c2ncc(C(=O)NC(C)C)c(N)n2)c1. The summed E-state index contributed by atoms with van der Waals surface area (Å²) < 4.78 is 5.16. The van der Waals surface area contributed by atoms with Crippen LogP contribution in [0.4, 0.5) is 5.82 Å². The number of hydrogen-bond donors (Lipinski definition) is 2. The molecule has 6 nitrogen and oxygen atoms in total. The number of carbonyl (C=O) groups excluding carboxylic acids is 1. The minimum atomic E-state index is -0.278. The first-order chi connectivity index (χ1) is 10.0. The number of nitrogens with zero attached hydrogens (tertiary/aromatic N) is 2. The first-order valence-electron chi connectivity index (χ1n) is 6.59. The van der Waals surface area contributed by atoms with E-state index < -0.39 is 0 Å². The van der Waals surface area contributed by atoms with E-state index in [0.29, 0.717) is 11.6 Å². The first-order valence-corrected chi connectivity index (χ1v) is 6.59. The van der Waals surface area contributed by atoms with Crippen molar-refractivity contribution in [2.75, 3.05) is 12.8 Å². The van der Waals surface area contributed by atoms with E-state index in [9.17, 15) is 4.79 Å². The zero-order valence-electron chi connectivity index (χ0n) is 12.3. The molecule has 0 saturated carbocycles. The van der Waals surface area contributed by atoms with Crippen LogP contribution < -0.4 is 15.8 Å². The van der Waals surface area contributed by atoms with Crippen molar-refractivity contribution in [1.29, 1.82) is 0 Å². The number of nitrogen functional groups attached to an aromatic ring is 1. The number of anilines is 1. The van der Waals surface area contributed by atoms with Crippen LogP contribution in [0.15, 0.2) is 30.5 Å². The van der Waals surface area contributed by atoms with Crippen LogP contribution in [0.3, 0.4) is 0 Å². The molecule has 0 fully saturated rings. The molecule has 0 unspecified atom stereocenters. The quantitative estimate of drug-likeness (QED) is 0.895. The van der Waals surface area contributed by atoms with Gasteiger partial charge in [0.15, 0.2) is 5.82 Å². The van der Waals surface area contributed by atoms with E-state index in [0.717, 1.165) is 5.56 Å². The van der Waals surface area contributed by atoms with E-state index in [1.54, 1.807) is 7.11 Å². The highest BCUT2D eigenvalue weighted by Gasteiger charge is 2.14. The first kappa shape index (κ1) is 14.8. The molecule has 0 bridgehead atoms. The number of ether oxygens (including phenoxy) is 1. The summed E-state index contributed by atoms with van der Waals surface area (Å²) in [5, 5.41) is 2.76. The van der Waals surface area contributed by atoms with Crippen LogP contribution in [0.1, 0.15) is 24.2 Å². The van der Waals surface area contributed by atoms with Crippen LogP contribution in [-0.4, -0.2) is 29.0 Å². The number of methoxy groups -OCH3 is 1. The van der Waals surface area contributed by atoms with Crippen molar-refractivity contribution < 1.29 is 9.53 Å². The van der Waals surface area contributed by atoms with Crippen LogP contribution in [0.25, 0.3) is 11.4 Å². The van der Waals surface area contributed by atoms with Gasteiger partial charge in [0.2, 0.25) is 0 Å². The third-order valence-electron chi connectivity index (χ3n) is 2.81. The molecule has 0 aliphatic carbocycles. The second-order valence-corrected chi connectivity index (χ2v) is 4.85. The Morgan fingerprint density at radius 3 is 2.76 bits per heavy atom. The summed E-state index contributed by atoms with van der Waals surface area (Å²) >= 11 is 0. The smallest absolute Gasteiger partial charge is 0.256 e. The van der Waals surface area contributed by atoms with Crippen LogP contribution in [0.5, 0.6) is 5.75 Å². The molecule has 1 amide bonds. The summed E-state index contributed by atoms with van der Waals surface area (Å²) in [6.45, 7) is 3.75. The van der Waals surface area contributed by atoms with Gasteiger partial charge in [-0.3, -0.25) is 4.79 Å². The molecule has 110 valence electrons. The van der Waals surface area contributed by atoms with Crippen LogP contribution in [0.2, 0.25) is 0 Å². The largest absolute Gasteiger partial charge is 0.497 e. The maximum atomic E-state index is 11.9. The molecule has 0 atom stereocenters. The summed E-state index contributed by atoms with van der Waals surface area (Å²) in [7, 11) is 1.59. The highest BCUT2D eigenvalue weighted by Crippen LogP contribution is 2.22. The molecular weight excluding hydrogens is 268 g/mol. The molecule has 6 heteroatoms. The summed E-state index contributed by atoms with van der Waals surface area (Å²) in [5.41, 5.74) is 6.91. The molecule has 0 spiro atoms. The van der Waals surface area contributed by atoms with E-state index in [-0.39, 0.29) is 23.3 Å². The molecule has 1 heterocycles. The average Bonchev–Trinajstić information content (AvgIpc) is 2.46. The zero-order valence-corrected chi connectivity index (χ0v) is 12.3. The molecule has 0 radical (unpaired) electrons. The Labute approximate surface area is 123 Å². The molecule has 2 rings (SSSR count). The van der Waals surface area contributed by atoms with Crippen molar-refractivity contribution in [3.8, 4) is 17.1 Å². The van der Waals surface area contributed by atoms with Gasteiger partial charge < -0.3 is 15.8 Å². The summed E-state index contributed by atoms with van der Waals surface area (Å²) in [6, 6.07) is 7.35. The van der Waals surface area contributed by atoms with Crippen LogP contribution in [0, 0.1) is 0 Å². The lowest BCUT2D eigenvalue weighted by molar-refractivity contribution is 0.0943. The van der Waals surface area contributed by atoms with E-state index >= 15 is 0 Å². The summed E-state index contributed by atoms with van der Waals surface area (Å²) in [5.74, 6) is 1.03. The van der Waals surface area contributed by atoms with Gasteiger partial charge in [0.1, 0.15) is 11.6 Å². The van der Waals surface area contributed by atoms with Crippen molar-refractivity contribution in [2.24, 2.45) is 0 Å².